The Kier molecular flexibility index (Phi) is 7.35. The minimum atomic E-state index is -0.637. The smallest absolute Gasteiger partial charge is 0.410 e. The van der Waals surface area contributed by atoms with Gasteiger partial charge in [-0.3, -0.25) is 4.79 Å². The van der Waals surface area contributed by atoms with Crippen molar-refractivity contribution in [1.82, 2.24) is 10.2 Å². The lowest BCUT2D eigenvalue weighted by molar-refractivity contribution is -0.137. The highest BCUT2D eigenvalue weighted by Gasteiger charge is 2.52. The van der Waals surface area contributed by atoms with Crippen molar-refractivity contribution in [3.05, 3.63) is 71.8 Å². The van der Waals surface area contributed by atoms with E-state index in [1.54, 1.807) is 4.90 Å². The van der Waals surface area contributed by atoms with Crippen molar-refractivity contribution >= 4 is 12.0 Å². The van der Waals surface area contributed by atoms with Crippen LogP contribution in [0.15, 0.2) is 60.7 Å². The minimum Gasteiger partial charge on any atom is -0.445 e. The van der Waals surface area contributed by atoms with Crippen molar-refractivity contribution in [3.8, 4) is 0 Å². The molecule has 0 aromatic heterocycles. The molecule has 35 heavy (non-hydrogen) atoms. The number of hydrogen-bond acceptors (Lipinski definition) is 5. The van der Waals surface area contributed by atoms with Gasteiger partial charge in [0.05, 0.1) is 30.9 Å². The molecule has 0 bridgehead atoms. The Morgan fingerprint density at radius 1 is 1.03 bits per heavy atom. The van der Waals surface area contributed by atoms with Gasteiger partial charge in [0.1, 0.15) is 13.2 Å². The van der Waals surface area contributed by atoms with Gasteiger partial charge in [-0.05, 0) is 49.1 Å². The second-order valence-corrected chi connectivity index (χ2v) is 9.91. The van der Waals surface area contributed by atoms with E-state index in [2.05, 4.69) is 35.6 Å². The van der Waals surface area contributed by atoms with Crippen LogP contribution in [0.4, 0.5) is 4.79 Å². The van der Waals surface area contributed by atoms with Gasteiger partial charge in [0.15, 0.2) is 0 Å². The summed E-state index contributed by atoms with van der Waals surface area (Å²) in [5, 5.41) is 3.12. The van der Waals surface area contributed by atoms with Crippen LogP contribution in [0.5, 0.6) is 0 Å². The Bertz CT molecular complexity index is 993. The number of carbonyl (C=O) groups excluding carboxylic acids is 2. The summed E-state index contributed by atoms with van der Waals surface area (Å²) in [4.78, 5) is 27.0. The SMILES string of the molecule is O=C1COCC2(CCN(C(=O)OCc3ccccc3)C2COC2CCC(c3ccccc3)CC2)N1. The van der Waals surface area contributed by atoms with Gasteiger partial charge in [-0.2, -0.15) is 0 Å². The first kappa shape index (κ1) is 23.8. The van der Waals surface area contributed by atoms with Crippen molar-refractivity contribution in [3.63, 3.8) is 0 Å². The summed E-state index contributed by atoms with van der Waals surface area (Å²) in [5.41, 5.74) is 1.70. The van der Waals surface area contributed by atoms with E-state index in [1.165, 1.54) is 5.56 Å². The van der Waals surface area contributed by atoms with E-state index < -0.39 is 5.54 Å². The lowest BCUT2D eigenvalue weighted by Crippen LogP contribution is -2.65. The Balaban J connectivity index is 1.21. The van der Waals surface area contributed by atoms with Crippen molar-refractivity contribution in [2.24, 2.45) is 0 Å². The van der Waals surface area contributed by atoms with Crippen LogP contribution in [0, 0.1) is 0 Å². The first-order valence-corrected chi connectivity index (χ1v) is 12.7. The zero-order valence-corrected chi connectivity index (χ0v) is 20.1. The fourth-order valence-corrected chi connectivity index (χ4v) is 5.72. The average molecular weight is 479 g/mol. The van der Waals surface area contributed by atoms with Crippen LogP contribution in [-0.4, -0.2) is 61.0 Å². The third-order valence-electron chi connectivity index (χ3n) is 7.67. The molecule has 5 rings (SSSR count). The van der Waals surface area contributed by atoms with Crippen LogP contribution in [0.1, 0.15) is 49.1 Å². The van der Waals surface area contributed by atoms with Gasteiger partial charge in [-0.1, -0.05) is 60.7 Å². The number of carbonyl (C=O) groups is 2. The maximum absolute atomic E-state index is 13.1. The first-order valence-electron chi connectivity index (χ1n) is 12.7. The standard InChI is InChI=1S/C28H34N2O5/c31-26-19-33-20-28(29-26)15-16-30(27(32)35-17-21-7-3-1-4-8-21)25(28)18-34-24-13-11-23(12-14-24)22-9-5-2-6-10-22/h1-10,23-25H,11-20H2,(H,29,31). The van der Waals surface area contributed by atoms with Crippen LogP contribution in [0.25, 0.3) is 0 Å². The quantitative estimate of drug-likeness (QED) is 0.679. The predicted octanol–water partition coefficient (Wildman–Crippen LogP) is 4.03. The zero-order valence-electron chi connectivity index (χ0n) is 20.1. The Labute approximate surface area is 206 Å². The fraction of sp³-hybridized carbons (Fsp3) is 0.500. The molecule has 1 saturated carbocycles. The molecule has 2 atom stereocenters. The number of morpholine rings is 1. The molecule has 2 saturated heterocycles. The van der Waals surface area contributed by atoms with Gasteiger partial charge in [-0.15, -0.1) is 0 Å². The van der Waals surface area contributed by atoms with E-state index >= 15 is 0 Å². The van der Waals surface area contributed by atoms with Crippen LogP contribution < -0.4 is 5.32 Å². The van der Waals surface area contributed by atoms with E-state index in [0.717, 1.165) is 31.2 Å². The number of likely N-dealkylation sites (tertiary alicyclic amines) is 1. The highest BCUT2D eigenvalue weighted by Crippen LogP contribution is 2.36. The lowest BCUT2D eigenvalue weighted by Gasteiger charge is -2.41. The molecule has 2 aromatic carbocycles. The molecule has 1 aliphatic carbocycles. The molecular formula is C28H34N2O5. The molecule has 2 amide bonds. The summed E-state index contributed by atoms with van der Waals surface area (Å²) in [5.74, 6) is 0.425. The summed E-state index contributed by atoms with van der Waals surface area (Å²) in [6, 6.07) is 20.0. The monoisotopic (exact) mass is 478 g/mol. The highest BCUT2D eigenvalue weighted by molar-refractivity contribution is 5.79. The summed E-state index contributed by atoms with van der Waals surface area (Å²) >= 11 is 0. The number of rotatable bonds is 6. The molecule has 7 nitrogen and oxygen atoms in total. The van der Waals surface area contributed by atoms with Crippen LogP contribution in [0.2, 0.25) is 0 Å². The Morgan fingerprint density at radius 2 is 1.74 bits per heavy atom. The van der Waals surface area contributed by atoms with E-state index in [0.29, 0.717) is 32.1 Å². The summed E-state index contributed by atoms with van der Waals surface area (Å²) in [6.45, 7) is 1.48. The molecule has 2 aliphatic heterocycles. The summed E-state index contributed by atoms with van der Waals surface area (Å²) < 4.78 is 17.7. The molecular weight excluding hydrogens is 444 g/mol. The zero-order chi connectivity index (χ0) is 24.1. The minimum absolute atomic E-state index is 0.0529. The van der Waals surface area contributed by atoms with E-state index in [9.17, 15) is 9.59 Å². The summed E-state index contributed by atoms with van der Waals surface area (Å²) in [6.07, 6.45) is 4.54. The van der Waals surface area contributed by atoms with Gasteiger partial charge in [0.25, 0.3) is 0 Å². The highest BCUT2D eigenvalue weighted by atomic mass is 16.6. The number of ether oxygens (including phenoxy) is 3. The lowest BCUT2D eigenvalue weighted by atomic mass is 9.82. The van der Waals surface area contributed by atoms with Crippen LogP contribution in [-0.2, 0) is 25.6 Å². The van der Waals surface area contributed by atoms with E-state index in [4.69, 9.17) is 14.2 Å². The molecule has 3 fully saturated rings. The topological polar surface area (TPSA) is 77.1 Å². The maximum Gasteiger partial charge on any atom is 0.410 e. The predicted molar refractivity (Wildman–Crippen MR) is 131 cm³/mol. The van der Waals surface area contributed by atoms with Crippen molar-refractivity contribution < 1.29 is 23.8 Å². The number of amides is 2. The van der Waals surface area contributed by atoms with Crippen LogP contribution in [0.3, 0.4) is 0 Å². The molecule has 2 unspecified atom stereocenters. The normalized spacial score (nSPS) is 28.6. The number of benzene rings is 2. The third-order valence-corrected chi connectivity index (χ3v) is 7.67. The fourth-order valence-electron chi connectivity index (χ4n) is 5.72. The molecule has 1 spiro atoms. The Morgan fingerprint density at radius 3 is 2.46 bits per heavy atom. The number of nitrogens with one attached hydrogen (secondary N) is 1. The van der Waals surface area contributed by atoms with Crippen molar-refractivity contribution in [1.29, 1.82) is 0 Å². The maximum atomic E-state index is 13.1. The number of hydrogen-bond donors (Lipinski definition) is 1. The molecule has 3 aliphatic rings. The van der Waals surface area contributed by atoms with Crippen LogP contribution >= 0.6 is 0 Å². The van der Waals surface area contributed by atoms with Crippen molar-refractivity contribution in [2.45, 2.75) is 62.3 Å². The average Bonchev–Trinajstić information content (AvgIpc) is 3.24. The molecule has 2 heterocycles. The van der Waals surface area contributed by atoms with Gasteiger partial charge >= 0.3 is 6.09 Å². The van der Waals surface area contributed by atoms with Crippen molar-refractivity contribution in [2.75, 3.05) is 26.4 Å². The van der Waals surface area contributed by atoms with E-state index in [-0.39, 0.29) is 37.4 Å². The second-order valence-electron chi connectivity index (χ2n) is 9.91. The van der Waals surface area contributed by atoms with Gasteiger partial charge in [-0.25, -0.2) is 4.79 Å². The number of nitrogens with zero attached hydrogens (tertiary/aromatic N) is 1. The van der Waals surface area contributed by atoms with Gasteiger partial charge in [0.2, 0.25) is 5.91 Å². The third kappa shape index (κ3) is 5.52. The summed E-state index contributed by atoms with van der Waals surface area (Å²) in [7, 11) is 0. The first-order chi connectivity index (χ1) is 17.1. The van der Waals surface area contributed by atoms with Gasteiger partial charge in [0, 0.05) is 6.54 Å². The molecule has 0 radical (unpaired) electrons. The molecule has 7 heteroatoms. The second kappa shape index (κ2) is 10.8. The van der Waals surface area contributed by atoms with E-state index in [1.807, 2.05) is 30.3 Å². The molecule has 2 aromatic rings. The largest absolute Gasteiger partial charge is 0.445 e. The Hall–Kier alpha value is -2.90. The van der Waals surface area contributed by atoms with Gasteiger partial charge < -0.3 is 24.4 Å². The molecule has 186 valence electrons. The molecule has 1 N–H and O–H groups in total.